The quantitative estimate of drug-likeness (QED) is 0.262. The maximum absolute atomic E-state index is 14.2. The standard InChI is InChI=1S/C32H41N3O6S/c1-6-7-19-33-32(37)28(20-25-11-9-8-10-12-25)34(22-26-15-13-24(2)14-16-26)31(36)23-35(42(5,38)39)27-17-18-29(40-3)30(21-27)41-4/h8-18,21,28H,6-7,19-20,22-23H2,1-5H3,(H,33,37)/t28-/m1/s1. The molecule has 0 aliphatic rings. The topological polar surface area (TPSA) is 105 Å². The summed E-state index contributed by atoms with van der Waals surface area (Å²) in [4.78, 5) is 29.3. The molecule has 10 heteroatoms. The first kappa shape index (κ1) is 32.5. The van der Waals surface area contributed by atoms with Crippen molar-refractivity contribution in [2.75, 3.05) is 37.9 Å². The summed E-state index contributed by atoms with van der Waals surface area (Å²) < 4.78 is 37.7. The Morgan fingerprint density at radius 2 is 1.57 bits per heavy atom. The summed E-state index contributed by atoms with van der Waals surface area (Å²) in [5.41, 5.74) is 3.01. The van der Waals surface area contributed by atoms with E-state index in [9.17, 15) is 18.0 Å². The molecule has 9 nitrogen and oxygen atoms in total. The molecule has 1 atom stereocenters. The third-order valence-electron chi connectivity index (χ3n) is 6.91. The summed E-state index contributed by atoms with van der Waals surface area (Å²) in [5, 5.41) is 2.98. The number of anilines is 1. The molecule has 0 bridgehead atoms. The van der Waals surface area contributed by atoms with Gasteiger partial charge in [-0.1, -0.05) is 73.5 Å². The van der Waals surface area contributed by atoms with Crippen molar-refractivity contribution < 1.29 is 27.5 Å². The van der Waals surface area contributed by atoms with Gasteiger partial charge in [-0.3, -0.25) is 13.9 Å². The zero-order valence-electron chi connectivity index (χ0n) is 25.0. The number of carbonyl (C=O) groups excluding carboxylic acids is 2. The number of rotatable bonds is 15. The van der Waals surface area contributed by atoms with Crippen LogP contribution in [0.5, 0.6) is 11.5 Å². The summed E-state index contributed by atoms with van der Waals surface area (Å²) in [6.45, 7) is 4.11. The molecule has 3 aromatic carbocycles. The van der Waals surface area contributed by atoms with Gasteiger partial charge in [-0.25, -0.2) is 8.42 Å². The summed E-state index contributed by atoms with van der Waals surface area (Å²) in [7, 11) is -0.970. The number of hydrogen-bond acceptors (Lipinski definition) is 6. The fourth-order valence-electron chi connectivity index (χ4n) is 4.54. The van der Waals surface area contributed by atoms with Crippen molar-refractivity contribution in [3.63, 3.8) is 0 Å². The average Bonchev–Trinajstić information content (AvgIpc) is 2.98. The number of carbonyl (C=O) groups is 2. The highest BCUT2D eigenvalue weighted by atomic mass is 32.2. The number of amides is 2. The van der Waals surface area contributed by atoms with Gasteiger partial charge in [-0.05, 0) is 36.6 Å². The molecule has 1 N–H and O–H groups in total. The molecule has 0 aliphatic heterocycles. The smallest absolute Gasteiger partial charge is 0.244 e. The number of nitrogens with zero attached hydrogens (tertiary/aromatic N) is 2. The second-order valence-electron chi connectivity index (χ2n) is 10.2. The Balaban J connectivity index is 2.05. The van der Waals surface area contributed by atoms with Gasteiger partial charge in [0.25, 0.3) is 0 Å². The zero-order chi connectivity index (χ0) is 30.7. The van der Waals surface area contributed by atoms with Crippen LogP contribution in [0.1, 0.15) is 36.5 Å². The summed E-state index contributed by atoms with van der Waals surface area (Å²) >= 11 is 0. The Morgan fingerprint density at radius 3 is 2.17 bits per heavy atom. The second kappa shape index (κ2) is 15.3. The predicted octanol–water partition coefficient (Wildman–Crippen LogP) is 4.33. The first-order valence-electron chi connectivity index (χ1n) is 13.9. The number of methoxy groups -OCH3 is 2. The van der Waals surface area contributed by atoms with Gasteiger partial charge < -0.3 is 19.7 Å². The van der Waals surface area contributed by atoms with Gasteiger partial charge in [-0.15, -0.1) is 0 Å². The molecule has 0 unspecified atom stereocenters. The van der Waals surface area contributed by atoms with E-state index in [1.165, 1.54) is 25.2 Å². The molecule has 42 heavy (non-hydrogen) atoms. The number of nitrogens with one attached hydrogen (secondary N) is 1. The molecule has 0 spiro atoms. The van der Waals surface area contributed by atoms with E-state index in [0.29, 0.717) is 18.0 Å². The Bertz CT molecular complexity index is 1430. The van der Waals surface area contributed by atoms with Crippen LogP contribution in [0.25, 0.3) is 0 Å². The van der Waals surface area contributed by atoms with E-state index in [4.69, 9.17) is 9.47 Å². The summed E-state index contributed by atoms with van der Waals surface area (Å²) in [5.74, 6) is -0.0503. The van der Waals surface area contributed by atoms with Crippen LogP contribution in [-0.4, -0.2) is 64.7 Å². The largest absolute Gasteiger partial charge is 0.493 e. The Hall–Kier alpha value is -4.05. The maximum Gasteiger partial charge on any atom is 0.244 e. The molecule has 0 aliphatic carbocycles. The van der Waals surface area contributed by atoms with E-state index in [2.05, 4.69) is 5.32 Å². The minimum absolute atomic E-state index is 0.126. The number of sulfonamides is 1. The van der Waals surface area contributed by atoms with Gasteiger partial charge >= 0.3 is 0 Å². The number of ether oxygens (including phenoxy) is 2. The molecule has 0 saturated heterocycles. The lowest BCUT2D eigenvalue weighted by Gasteiger charge is -2.33. The highest BCUT2D eigenvalue weighted by Gasteiger charge is 2.33. The maximum atomic E-state index is 14.2. The number of aryl methyl sites for hydroxylation is 1. The molecule has 0 fully saturated rings. The molecule has 0 heterocycles. The second-order valence-corrected chi connectivity index (χ2v) is 12.1. The van der Waals surface area contributed by atoms with Crippen LogP contribution in [0, 0.1) is 6.92 Å². The average molecular weight is 596 g/mol. The molecule has 226 valence electrons. The molecule has 0 radical (unpaired) electrons. The predicted molar refractivity (Wildman–Crippen MR) is 165 cm³/mol. The monoisotopic (exact) mass is 595 g/mol. The lowest BCUT2D eigenvalue weighted by atomic mass is 10.0. The molecule has 0 aromatic heterocycles. The Morgan fingerprint density at radius 1 is 0.905 bits per heavy atom. The first-order chi connectivity index (χ1) is 20.1. The van der Waals surface area contributed by atoms with Crippen molar-refractivity contribution in [3.05, 3.63) is 89.5 Å². The van der Waals surface area contributed by atoms with E-state index in [-0.39, 0.29) is 24.6 Å². The molecule has 0 saturated carbocycles. The molecular formula is C32H41N3O6S. The Labute approximate surface area is 249 Å². The molecular weight excluding hydrogens is 554 g/mol. The van der Waals surface area contributed by atoms with Crippen LogP contribution in [0.3, 0.4) is 0 Å². The van der Waals surface area contributed by atoms with Gasteiger partial charge in [0, 0.05) is 25.6 Å². The third-order valence-corrected chi connectivity index (χ3v) is 8.05. The fourth-order valence-corrected chi connectivity index (χ4v) is 5.39. The van der Waals surface area contributed by atoms with E-state index < -0.39 is 28.5 Å². The number of benzene rings is 3. The van der Waals surface area contributed by atoms with Crippen molar-refractivity contribution in [2.24, 2.45) is 0 Å². The van der Waals surface area contributed by atoms with Gasteiger partial charge in [0.1, 0.15) is 12.6 Å². The van der Waals surface area contributed by atoms with Crippen LogP contribution >= 0.6 is 0 Å². The van der Waals surface area contributed by atoms with Gasteiger partial charge in [0.15, 0.2) is 11.5 Å². The molecule has 3 rings (SSSR count). The normalized spacial score (nSPS) is 11.8. The lowest BCUT2D eigenvalue weighted by molar-refractivity contribution is -0.140. The summed E-state index contributed by atoms with van der Waals surface area (Å²) in [6, 6.07) is 21.0. The van der Waals surface area contributed by atoms with E-state index in [1.807, 2.05) is 68.4 Å². The van der Waals surface area contributed by atoms with Crippen LogP contribution in [0.15, 0.2) is 72.8 Å². The van der Waals surface area contributed by atoms with Crippen molar-refractivity contribution in [2.45, 2.75) is 45.7 Å². The van der Waals surface area contributed by atoms with E-state index in [0.717, 1.165) is 40.1 Å². The van der Waals surface area contributed by atoms with E-state index >= 15 is 0 Å². The van der Waals surface area contributed by atoms with Gasteiger partial charge in [-0.2, -0.15) is 0 Å². The van der Waals surface area contributed by atoms with Gasteiger partial charge in [0.2, 0.25) is 21.8 Å². The van der Waals surface area contributed by atoms with Crippen molar-refractivity contribution in [3.8, 4) is 11.5 Å². The van der Waals surface area contributed by atoms with Crippen molar-refractivity contribution >= 4 is 27.5 Å². The van der Waals surface area contributed by atoms with Crippen molar-refractivity contribution in [1.29, 1.82) is 0 Å². The van der Waals surface area contributed by atoms with Crippen LogP contribution in [0.4, 0.5) is 5.69 Å². The lowest BCUT2D eigenvalue weighted by Crippen LogP contribution is -2.53. The van der Waals surface area contributed by atoms with Crippen LogP contribution in [0.2, 0.25) is 0 Å². The first-order valence-corrected chi connectivity index (χ1v) is 15.8. The third kappa shape index (κ3) is 8.97. The van der Waals surface area contributed by atoms with Gasteiger partial charge in [0.05, 0.1) is 26.2 Å². The highest BCUT2D eigenvalue weighted by molar-refractivity contribution is 7.92. The van der Waals surface area contributed by atoms with Crippen LogP contribution < -0.4 is 19.1 Å². The van der Waals surface area contributed by atoms with E-state index in [1.54, 1.807) is 12.1 Å². The minimum atomic E-state index is -3.90. The zero-order valence-corrected chi connectivity index (χ0v) is 25.8. The minimum Gasteiger partial charge on any atom is -0.493 e. The van der Waals surface area contributed by atoms with Crippen LogP contribution in [-0.2, 0) is 32.6 Å². The SMILES string of the molecule is CCCCNC(=O)[C@@H](Cc1ccccc1)N(Cc1ccc(C)cc1)C(=O)CN(c1ccc(OC)c(OC)c1)S(C)(=O)=O. The fraction of sp³-hybridized carbons (Fsp3) is 0.375. The number of unbranched alkanes of at least 4 members (excludes halogenated alkanes) is 1. The highest BCUT2D eigenvalue weighted by Crippen LogP contribution is 2.32. The number of hydrogen-bond donors (Lipinski definition) is 1. The van der Waals surface area contributed by atoms with Crippen molar-refractivity contribution in [1.82, 2.24) is 10.2 Å². The Kier molecular flexibility index (Phi) is 11.8. The summed E-state index contributed by atoms with van der Waals surface area (Å²) in [6.07, 6.45) is 3.02. The molecule has 3 aromatic rings. The molecule has 2 amide bonds.